The average Bonchev–Trinajstić information content (AvgIpc) is 1.64. The third kappa shape index (κ3) is 32.5. The number of aromatic hydroxyl groups is 1. The summed E-state index contributed by atoms with van der Waals surface area (Å²) in [6.07, 6.45) is 7.08. The number of likely N-dealkylation sites (tertiary alicyclic amines) is 3. The molecule has 46 heteroatoms. The maximum Gasteiger partial charge on any atom is 1.00 e. The largest absolute Gasteiger partial charge is 1.00 e. The number of hydrazine groups is 1. The van der Waals surface area contributed by atoms with Gasteiger partial charge in [-0.3, -0.25) is 59.9 Å². The van der Waals surface area contributed by atoms with Gasteiger partial charge in [-0.2, -0.15) is 25.3 Å². The zero-order valence-electron chi connectivity index (χ0n) is 67.6. The van der Waals surface area contributed by atoms with Crippen molar-refractivity contribution in [1.82, 2.24) is 58.5 Å². The predicted octanol–water partition coefficient (Wildman–Crippen LogP) is 1.21. The minimum absolute atomic E-state index is 0. The van der Waals surface area contributed by atoms with Gasteiger partial charge in [-0.1, -0.05) is 19.0 Å². The molecule has 0 spiro atoms. The first-order chi connectivity index (χ1) is 57.3. The van der Waals surface area contributed by atoms with Crippen LogP contribution < -0.4 is 184 Å². The first-order valence-electron chi connectivity index (χ1n) is 35.9. The maximum absolute atomic E-state index is 13.9. The second kappa shape index (κ2) is 54.7. The fraction of sp³-hybridized carbons (Fsp3) is 0.325. The Morgan fingerprint density at radius 2 is 0.870 bits per heavy atom. The molecule has 0 radical (unpaired) electrons. The van der Waals surface area contributed by atoms with Crippen molar-refractivity contribution in [3.8, 4) is 34.8 Å². The number of fused-ring (bicyclic) bond motifs is 3. The van der Waals surface area contributed by atoms with Gasteiger partial charge in [0.25, 0.3) is 6.47 Å². The van der Waals surface area contributed by atoms with Gasteiger partial charge in [0.2, 0.25) is 47.2 Å². The van der Waals surface area contributed by atoms with Gasteiger partial charge in [0, 0.05) is 110 Å². The summed E-state index contributed by atoms with van der Waals surface area (Å²) in [5.41, 5.74) is 7.73. The molecule has 3 aliphatic heterocycles. The number of esters is 1. The van der Waals surface area contributed by atoms with E-state index < -0.39 is 65.6 Å². The van der Waals surface area contributed by atoms with E-state index in [4.69, 9.17) is 82.7 Å². The molecule has 4 aromatic carbocycles. The van der Waals surface area contributed by atoms with Crippen LogP contribution in [0.3, 0.4) is 0 Å². The second-order valence-corrected chi connectivity index (χ2v) is 25.5. The topological polar surface area (TPSA) is 538 Å². The summed E-state index contributed by atoms with van der Waals surface area (Å²) in [6, 6.07) is 20.0. The SMILES string of the molecule is C.CC(Oc1ccn2ncc(C(=O)O)c2n1)c1cc(F)ccc1OCCN.CC(Oc1ccn2ncc(C(=O)O)c2n1)c1cc(F)ccc1OCCN1C(=O)CCC1=O.CCOC(=O)c1cnn2ccc(Cl)nc12.C[C@@H](O)c1cc(F)ccc1O.C[C@@H](O)c1cc(F)ccc1OCCN1C(=O)CCC1=O.NN.O=C1CCC(=O)N1CCCl.O=CO[O-].[Cs+].[Cs+].[H-]. The maximum atomic E-state index is 13.9. The molecule has 6 amide bonds. The Morgan fingerprint density at radius 1 is 0.537 bits per heavy atom. The molecule has 0 saturated carbocycles. The number of alkyl halides is 1. The van der Waals surface area contributed by atoms with Crippen LogP contribution in [-0.4, -0.2) is 202 Å². The van der Waals surface area contributed by atoms with Crippen molar-refractivity contribution in [2.75, 3.05) is 58.5 Å². The number of benzene rings is 4. The zero-order chi connectivity index (χ0) is 88.4. The first kappa shape index (κ1) is 108. The number of aliphatic hydroxyl groups excluding tert-OH is 2. The molecular formula is C77H87Cl2Cs2F4N15O23. The average molecular weight is 2000 g/mol. The van der Waals surface area contributed by atoms with Crippen LogP contribution >= 0.6 is 23.2 Å². The van der Waals surface area contributed by atoms with E-state index in [0.29, 0.717) is 88.7 Å². The molecule has 123 heavy (non-hydrogen) atoms. The summed E-state index contributed by atoms with van der Waals surface area (Å²) in [5.74, 6) is 4.02. The summed E-state index contributed by atoms with van der Waals surface area (Å²) in [6.45, 7) is 9.61. The number of amides is 6. The third-order valence-corrected chi connectivity index (χ3v) is 17.0. The number of imide groups is 3. The molecule has 6 aromatic heterocycles. The van der Waals surface area contributed by atoms with E-state index in [2.05, 4.69) is 46.8 Å². The van der Waals surface area contributed by atoms with Crippen LogP contribution in [0, 0.1) is 23.3 Å². The van der Waals surface area contributed by atoms with Crippen molar-refractivity contribution in [3.63, 3.8) is 0 Å². The van der Waals surface area contributed by atoms with Crippen molar-refractivity contribution in [3.05, 3.63) is 196 Å². The molecule has 0 bridgehead atoms. The molecule has 3 fully saturated rings. The number of carboxylic acids is 2. The van der Waals surface area contributed by atoms with Crippen molar-refractivity contribution in [2.24, 2.45) is 17.4 Å². The van der Waals surface area contributed by atoms with Gasteiger partial charge in [0.05, 0.1) is 50.5 Å². The van der Waals surface area contributed by atoms with Crippen molar-refractivity contribution in [2.45, 2.75) is 105 Å². The Morgan fingerprint density at radius 3 is 1.22 bits per heavy atom. The fourth-order valence-corrected chi connectivity index (χ4v) is 11.3. The summed E-state index contributed by atoms with van der Waals surface area (Å²) >= 11 is 11.1. The van der Waals surface area contributed by atoms with E-state index in [0.717, 1.165) is 21.9 Å². The third-order valence-electron chi connectivity index (χ3n) is 16.6. The number of nitrogens with zero attached hydrogens (tertiary/aromatic N) is 12. The molecule has 4 atom stereocenters. The smallest absolute Gasteiger partial charge is 1.00 e. The van der Waals surface area contributed by atoms with E-state index in [9.17, 15) is 70.9 Å². The molecule has 11 N–H and O–H groups in total. The van der Waals surface area contributed by atoms with Crippen LogP contribution in [0.15, 0.2) is 128 Å². The standard InChI is InChI=1S/C21H19FN4O6.C17H17FN4O4.C14H16FNO4.C9H8ClN3O2.C8H9FO2.C6H8ClNO2.CH2O3.CH4.2Cs.H4N2.H/c1-12(32-17-6-7-26-20(24-17)15(11-23-26)21(29)30)14-10-13(22)2-3-16(14)31-9-8-25-18(27)4-5-19(25)28;1-10(12-8-11(18)2-3-14(12)25-7-5-19)26-15-4-6-22-16(21-15)13(9-20-22)17(23)24;1-9(17)11-8-10(15)2-3-12(11)20-7-6-16-13(18)4-5-14(16)19;1-2-15-9(14)6-5-11-13-4-3-7(10)12-8(6)13;1-5(10)7-4-6(9)2-3-8(7)11;7-3-4-8-5(9)1-2-6(8)10;2-1-4-3;;;;1-2;/h2-3,6-7,10-12H,4-5,8-9H2,1H3,(H,29,30);2-4,6,8-10H,5,7,19H2,1H3,(H,23,24);2-3,8-9,17H,4-7H2,1H3;3-5H,2H2,1H3;2-5,10-11H,1H3;1-4H2;1,3H;1H4;;;1-2H2;/q;;;;;;;;2*+1;;-1/p-1/t;;9-;;5-;;;;;;;/m..1.1......./s1. The van der Waals surface area contributed by atoms with Gasteiger partial charge < -0.3 is 71.3 Å². The summed E-state index contributed by atoms with van der Waals surface area (Å²) in [4.78, 5) is 129. The Kier molecular flexibility index (Phi) is 48.1. The number of ether oxygens (including phenoxy) is 6. The molecule has 0 aliphatic carbocycles. The number of aliphatic hydroxyl groups is 2. The Hall–Kier alpha value is -9.00. The van der Waals surface area contributed by atoms with E-state index in [1.807, 2.05) is 0 Å². The van der Waals surface area contributed by atoms with Crippen LogP contribution in [0.25, 0.3) is 16.9 Å². The minimum Gasteiger partial charge on any atom is -1.00 e. The van der Waals surface area contributed by atoms with Crippen LogP contribution in [0.5, 0.6) is 34.8 Å². The molecule has 652 valence electrons. The Bertz CT molecular complexity index is 5190. The molecule has 3 aliphatic rings. The van der Waals surface area contributed by atoms with E-state index in [1.54, 1.807) is 39.1 Å². The number of aromatic carboxylic acids is 2. The monoisotopic (exact) mass is 2000 g/mol. The van der Waals surface area contributed by atoms with E-state index >= 15 is 0 Å². The van der Waals surface area contributed by atoms with Gasteiger partial charge in [-0.05, 0) is 113 Å². The molecular weight excluding hydrogens is 1920 g/mol. The number of phenols is 1. The van der Waals surface area contributed by atoms with Crippen molar-refractivity contribution in [1.29, 1.82) is 0 Å². The van der Waals surface area contributed by atoms with Crippen LogP contribution in [-0.2, 0) is 43.2 Å². The molecule has 2 unspecified atom stereocenters. The zero-order valence-corrected chi connectivity index (χ0v) is 80.6. The van der Waals surface area contributed by atoms with Gasteiger partial charge >= 0.3 is 156 Å². The number of aromatic nitrogens is 9. The Labute approximate surface area is 828 Å². The van der Waals surface area contributed by atoms with Crippen LogP contribution in [0.4, 0.5) is 17.6 Å². The van der Waals surface area contributed by atoms with E-state index in [-0.39, 0.29) is 293 Å². The van der Waals surface area contributed by atoms with Gasteiger partial charge in [0.1, 0.15) is 100 Å². The number of phenolic OH excluding ortho intramolecular Hbond substituents is 1. The van der Waals surface area contributed by atoms with Gasteiger partial charge in [0.15, 0.2) is 16.9 Å². The summed E-state index contributed by atoms with van der Waals surface area (Å²) in [5, 5.41) is 66.6. The predicted molar refractivity (Wildman–Crippen MR) is 418 cm³/mol. The molecule has 13 rings (SSSR count). The molecule has 3 saturated heterocycles. The molecule has 10 aromatic rings. The summed E-state index contributed by atoms with van der Waals surface area (Å²) < 4.78 is 90.4. The van der Waals surface area contributed by atoms with Crippen molar-refractivity contribution >= 4 is 100.0 Å². The summed E-state index contributed by atoms with van der Waals surface area (Å²) in [7, 11) is 0. The Balaban J connectivity index is 0.000000514. The number of carbonyl (C=O) groups is 10. The van der Waals surface area contributed by atoms with Gasteiger partial charge in [-0.25, -0.2) is 50.5 Å². The minimum atomic E-state index is -1.17. The number of hydrogen-bond acceptors (Lipinski definition) is 30. The van der Waals surface area contributed by atoms with Crippen LogP contribution in [0.2, 0.25) is 5.15 Å². The molecule has 9 heterocycles. The number of carbonyl (C=O) groups excluding carboxylic acids is 8. The number of rotatable bonds is 26. The first-order valence-corrected chi connectivity index (χ1v) is 36.8. The van der Waals surface area contributed by atoms with Crippen molar-refractivity contribution < 1.29 is 269 Å². The second-order valence-electron chi connectivity index (χ2n) is 24.7. The fourth-order valence-electron chi connectivity index (χ4n) is 11.0. The number of carboxylic acid groups (broad SMARTS) is 2. The number of halogens is 6. The molecule has 38 nitrogen and oxygen atoms in total. The van der Waals surface area contributed by atoms with Crippen LogP contribution in [0.1, 0.15) is 160 Å². The van der Waals surface area contributed by atoms with Gasteiger partial charge in [-0.15, -0.1) is 11.6 Å². The van der Waals surface area contributed by atoms with E-state index in [1.165, 1.54) is 130 Å². The number of hydrogen-bond donors (Lipinski definition) is 8. The number of nitrogens with two attached hydrogens (primary N) is 3. The normalized spacial score (nSPS) is 13.3. The quantitative estimate of drug-likeness (QED) is 0.00435.